The Labute approximate surface area is 421 Å². The second-order valence-corrected chi connectivity index (χ2v) is 21.5. The minimum Gasteiger partial charge on any atom is -0.459 e. The highest BCUT2D eigenvalue weighted by molar-refractivity contribution is 7.26. The van der Waals surface area contributed by atoms with E-state index in [9.17, 15) is 0 Å². The van der Waals surface area contributed by atoms with Gasteiger partial charge in [-0.2, -0.15) is 0 Å². The van der Waals surface area contributed by atoms with E-state index >= 15 is 0 Å². The topological polar surface area (TPSA) is 15.7 Å². The Morgan fingerprint density at radius 2 is 1.13 bits per heavy atom. The first kappa shape index (κ1) is 40.9. The molecule has 2 aliphatic heterocycles. The van der Waals surface area contributed by atoms with Crippen LogP contribution in [0.1, 0.15) is 46.9 Å². The summed E-state index contributed by atoms with van der Waals surface area (Å²) < 4.78 is 12.0. The van der Waals surface area contributed by atoms with E-state index in [-0.39, 0.29) is 23.9 Å². The molecule has 2 aromatic heterocycles. The second kappa shape index (κ2) is 16.3. The summed E-state index contributed by atoms with van der Waals surface area (Å²) >= 11 is 3.79. The van der Waals surface area contributed by atoms with Gasteiger partial charge in [0.25, 0.3) is 0 Å². The summed E-state index contributed by atoms with van der Waals surface area (Å²) in [6.07, 6.45) is 21.0. The number of rotatable bonds is 7. The van der Waals surface area contributed by atoms with E-state index in [0.717, 1.165) is 24.4 Å². The van der Waals surface area contributed by atoms with Crippen LogP contribution in [0.3, 0.4) is 0 Å². The van der Waals surface area contributed by atoms with Gasteiger partial charge >= 0.3 is 0 Å². The van der Waals surface area contributed by atoms with E-state index in [2.05, 4.69) is 240 Å². The summed E-state index contributed by atoms with van der Waals surface area (Å²) in [7, 11) is 0. The Hall–Kier alpha value is -7.96. The summed E-state index contributed by atoms with van der Waals surface area (Å²) in [5.41, 5.74) is 15.0. The number of allylic oxidation sites excluding steroid dienone is 7. The van der Waals surface area contributed by atoms with Gasteiger partial charge in [0.05, 0.1) is 23.7 Å². The Kier molecular flexibility index (Phi) is 9.39. The fourth-order valence-electron chi connectivity index (χ4n) is 12.2. The van der Waals surface area contributed by atoms with E-state index in [1.165, 1.54) is 108 Å². The minimum absolute atomic E-state index is 0.124. The van der Waals surface area contributed by atoms with Gasteiger partial charge in [-0.3, -0.25) is 0 Å². The quantitative estimate of drug-likeness (QED) is 0.158. The number of fused-ring (bicyclic) bond motifs is 12. The molecular formula is C66H46N2OS2. The van der Waals surface area contributed by atoms with E-state index in [4.69, 9.17) is 4.74 Å². The molecule has 0 N–H and O–H groups in total. The average Bonchev–Trinajstić information content (AvgIpc) is 4.21. The molecule has 4 heterocycles. The number of hydrogen-bond donors (Lipinski definition) is 0. The smallest absolute Gasteiger partial charge is 0.136 e. The average molecular weight is 947 g/mol. The van der Waals surface area contributed by atoms with Crippen LogP contribution in [-0.4, -0.2) is 12.1 Å². The van der Waals surface area contributed by atoms with Gasteiger partial charge in [-0.15, -0.1) is 22.7 Å². The Morgan fingerprint density at radius 1 is 0.507 bits per heavy atom. The molecule has 0 bridgehead atoms. The van der Waals surface area contributed by atoms with Crippen LogP contribution in [0.15, 0.2) is 242 Å². The summed E-state index contributed by atoms with van der Waals surface area (Å²) in [6.45, 7) is 0. The van der Waals surface area contributed by atoms with Crippen molar-refractivity contribution < 1.29 is 4.74 Å². The molecule has 5 heteroatoms. The molecule has 0 fully saturated rings. The second-order valence-electron chi connectivity index (χ2n) is 19.4. The van der Waals surface area contributed by atoms with Crippen molar-refractivity contribution in [1.82, 2.24) is 0 Å². The molecule has 4 atom stereocenters. The molecule has 10 aromatic rings. The Morgan fingerprint density at radius 3 is 1.86 bits per heavy atom. The normalized spacial score (nSPS) is 19.7. The number of para-hydroxylation sites is 2. The molecule has 0 amide bonds. The van der Waals surface area contributed by atoms with E-state index < -0.39 is 0 Å². The van der Waals surface area contributed by atoms with Gasteiger partial charge in [0, 0.05) is 68.9 Å². The molecular weight excluding hydrogens is 901 g/mol. The van der Waals surface area contributed by atoms with E-state index in [1.807, 2.05) is 22.7 Å². The largest absolute Gasteiger partial charge is 0.459 e. The third-order valence-electron chi connectivity index (χ3n) is 15.5. The fourth-order valence-corrected chi connectivity index (χ4v) is 14.6. The Balaban J connectivity index is 0.768. The number of hydrogen-bond acceptors (Lipinski definition) is 5. The van der Waals surface area contributed by atoms with Crippen molar-refractivity contribution in [3.8, 4) is 16.9 Å². The van der Waals surface area contributed by atoms with Gasteiger partial charge in [0.1, 0.15) is 11.5 Å². The van der Waals surface area contributed by atoms with Crippen molar-refractivity contribution >= 4 is 91.2 Å². The van der Waals surface area contributed by atoms with E-state index in [1.54, 1.807) is 0 Å². The van der Waals surface area contributed by atoms with E-state index in [0.29, 0.717) is 0 Å². The van der Waals surface area contributed by atoms with Crippen molar-refractivity contribution in [2.24, 2.45) is 0 Å². The molecule has 15 rings (SSSR count). The zero-order chi connectivity index (χ0) is 46.6. The van der Waals surface area contributed by atoms with Crippen LogP contribution < -0.4 is 14.5 Å². The number of ether oxygens (including phenoxy) is 1. The standard InChI is InChI=1S/C66H46N2OS2/c1-5-21-58-50(12-1)57-40-44(32-39-59(57)68(58)60-22-11-18-54-51-13-2-6-23-61(51)69-64(54)60)41-26-33-45(34-27-41)67(46-35-28-42(29-36-46)48-16-9-19-55-52-14-3-7-24-62(52)70-65(48)55)47-37-30-43(31-38-47)49-17-10-20-56-53-15-4-8-25-63(53)71-66(49)56/h1-17,19-37,39-40,47,54,57,59H,18,38H2. The summed E-state index contributed by atoms with van der Waals surface area (Å²) in [5, 5.41) is 5.32. The molecule has 0 radical (unpaired) electrons. The number of nitrogens with zero attached hydrogens (tertiary/aromatic N) is 2. The first-order valence-electron chi connectivity index (χ1n) is 24.9. The highest BCUT2D eigenvalue weighted by Crippen LogP contribution is 2.53. The van der Waals surface area contributed by atoms with Gasteiger partial charge < -0.3 is 14.5 Å². The van der Waals surface area contributed by atoms with Crippen molar-refractivity contribution in [3.05, 3.63) is 264 Å². The molecule has 0 spiro atoms. The van der Waals surface area contributed by atoms with Gasteiger partial charge in [-0.25, -0.2) is 0 Å². The molecule has 0 saturated heterocycles. The van der Waals surface area contributed by atoms with Gasteiger partial charge in [-0.05, 0) is 106 Å². The highest BCUT2D eigenvalue weighted by Gasteiger charge is 2.43. The number of anilines is 3. The van der Waals surface area contributed by atoms with Crippen molar-refractivity contribution in [2.75, 3.05) is 9.80 Å². The van der Waals surface area contributed by atoms with Crippen molar-refractivity contribution in [3.63, 3.8) is 0 Å². The lowest BCUT2D eigenvalue weighted by molar-refractivity contribution is 0.415. The Bertz CT molecular complexity index is 4010. The lowest BCUT2D eigenvalue weighted by Gasteiger charge is -2.34. The maximum atomic E-state index is 6.67. The van der Waals surface area contributed by atoms with Crippen LogP contribution in [0.4, 0.5) is 17.1 Å². The predicted molar refractivity (Wildman–Crippen MR) is 301 cm³/mol. The van der Waals surface area contributed by atoms with Gasteiger partial charge in [0.2, 0.25) is 0 Å². The summed E-state index contributed by atoms with van der Waals surface area (Å²) in [5.74, 6) is 2.51. The molecule has 8 aromatic carbocycles. The lowest BCUT2D eigenvalue weighted by Crippen LogP contribution is -2.34. The summed E-state index contributed by atoms with van der Waals surface area (Å²) in [6, 6.07) is 67.5. The summed E-state index contributed by atoms with van der Waals surface area (Å²) in [4.78, 5) is 5.07. The monoisotopic (exact) mass is 946 g/mol. The molecule has 3 nitrogen and oxygen atoms in total. The lowest BCUT2D eigenvalue weighted by atomic mass is 9.86. The maximum Gasteiger partial charge on any atom is 0.136 e. The molecule has 3 aliphatic carbocycles. The first-order chi connectivity index (χ1) is 35.2. The zero-order valence-corrected chi connectivity index (χ0v) is 40.4. The van der Waals surface area contributed by atoms with Gasteiger partial charge in [-0.1, -0.05) is 176 Å². The van der Waals surface area contributed by atoms with Gasteiger partial charge in [0.15, 0.2) is 0 Å². The molecule has 5 aliphatic rings. The van der Waals surface area contributed by atoms with Crippen LogP contribution in [0.5, 0.6) is 5.75 Å². The van der Waals surface area contributed by atoms with Crippen LogP contribution in [0, 0.1) is 0 Å². The SMILES string of the molecule is C1=CC(N2c3ccccc3C3C=C(c4ccc(N(c5ccc(-c6cccc7c6sc6ccccc67)cc5)C5C=CC(c6cccc7c6sc6ccccc67)=CC5)cc4)C=CC32)=C2Oc3ccccc3C2C1. The van der Waals surface area contributed by atoms with Crippen molar-refractivity contribution in [1.29, 1.82) is 0 Å². The highest BCUT2D eigenvalue weighted by atomic mass is 32.1. The molecule has 4 unspecified atom stereocenters. The van der Waals surface area contributed by atoms with Crippen LogP contribution in [0.25, 0.3) is 62.6 Å². The third-order valence-corrected chi connectivity index (χ3v) is 17.9. The third kappa shape index (κ3) is 6.53. The minimum atomic E-state index is 0.124. The van der Waals surface area contributed by atoms with Crippen molar-refractivity contribution in [2.45, 2.75) is 36.8 Å². The molecule has 338 valence electrons. The fraction of sp³-hybridized carbons (Fsp3) is 0.0909. The predicted octanol–water partition coefficient (Wildman–Crippen LogP) is 17.9. The number of thiophene rings is 2. The first-order valence-corrected chi connectivity index (χ1v) is 26.5. The van der Waals surface area contributed by atoms with Crippen LogP contribution in [0.2, 0.25) is 0 Å². The molecule has 71 heavy (non-hydrogen) atoms. The number of benzene rings is 8. The molecule has 0 saturated carbocycles. The van der Waals surface area contributed by atoms with Crippen LogP contribution >= 0.6 is 22.7 Å². The van der Waals surface area contributed by atoms with Crippen LogP contribution in [-0.2, 0) is 0 Å². The maximum absolute atomic E-state index is 6.67. The zero-order valence-electron chi connectivity index (χ0n) is 38.8.